The van der Waals surface area contributed by atoms with Crippen LogP contribution in [0.1, 0.15) is 19.3 Å². The SMILES string of the molecule is NCC(OCCC1CC1)C(=O)O. The van der Waals surface area contributed by atoms with E-state index in [0.717, 1.165) is 12.3 Å². The van der Waals surface area contributed by atoms with Gasteiger partial charge in [0.05, 0.1) is 0 Å². The van der Waals surface area contributed by atoms with E-state index in [1.54, 1.807) is 0 Å². The summed E-state index contributed by atoms with van der Waals surface area (Å²) in [6, 6.07) is 0. The van der Waals surface area contributed by atoms with E-state index < -0.39 is 12.1 Å². The van der Waals surface area contributed by atoms with Gasteiger partial charge in [-0.1, -0.05) is 12.8 Å². The second-order valence-electron chi connectivity index (χ2n) is 3.17. The van der Waals surface area contributed by atoms with Gasteiger partial charge < -0.3 is 15.6 Å². The lowest BCUT2D eigenvalue weighted by molar-refractivity contribution is -0.149. The van der Waals surface area contributed by atoms with Gasteiger partial charge in [-0.15, -0.1) is 0 Å². The number of hydrogen-bond acceptors (Lipinski definition) is 3. The molecule has 12 heavy (non-hydrogen) atoms. The number of nitrogens with two attached hydrogens (primary N) is 1. The minimum absolute atomic E-state index is 0.0556. The molecular weight excluding hydrogens is 158 g/mol. The molecule has 0 heterocycles. The van der Waals surface area contributed by atoms with Crippen LogP contribution in [0.3, 0.4) is 0 Å². The average molecular weight is 173 g/mol. The van der Waals surface area contributed by atoms with Gasteiger partial charge >= 0.3 is 5.97 Å². The largest absolute Gasteiger partial charge is 0.479 e. The Morgan fingerprint density at radius 1 is 1.67 bits per heavy atom. The monoisotopic (exact) mass is 173 g/mol. The van der Waals surface area contributed by atoms with Gasteiger partial charge in [-0.05, 0) is 12.3 Å². The predicted octanol–water partition coefficient (Wildman–Crippen LogP) is 0.215. The van der Waals surface area contributed by atoms with Gasteiger partial charge in [-0.25, -0.2) is 4.79 Å². The molecule has 0 spiro atoms. The van der Waals surface area contributed by atoms with Crippen molar-refractivity contribution >= 4 is 5.97 Å². The van der Waals surface area contributed by atoms with E-state index >= 15 is 0 Å². The summed E-state index contributed by atoms with van der Waals surface area (Å²) in [5, 5.41) is 8.55. The van der Waals surface area contributed by atoms with Gasteiger partial charge in [0.2, 0.25) is 0 Å². The number of hydrogen-bond donors (Lipinski definition) is 2. The maximum absolute atomic E-state index is 10.4. The summed E-state index contributed by atoms with van der Waals surface area (Å²) in [5.74, 6) is -0.189. The van der Waals surface area contributed by atoms with Crippen LogP contribution < -0.4 is 5.73 Å². The smallest absolute Gasteiger partial charge is 0.334 e. The van der Waals surface area contributed by atoms with Crippen molar-refractivity contribution in [2.45, 2.75) is 25.4 Å². The molecule has 1 aliphatic rings. The van der Waals surface area contributed by atoms with E-state index in [-0.39, 0.29) is 6.54 Å². The third-order valence-electron chi connectivity index (χ3n) is 2.03. The van der Waals surface area contributed by atoms with E-state index in [9.17, 15) is 4.79 Å². The quantitative estimate of drug-likeness (QED) is 0.602. The molecule has 0 bridgehead atoms. The Morgan fingerprint density at radius 2 is 2.33 bits per heavy atom. The van der Waals surface area contributed by atoms with Crippen LogP contribution in [0, 0.1) is 5.92 Å². The summed E-state index contributed by atoms with van der Waals surface area (Å²) in [4.78, 5) is 10.4. The van der Waals surface area contributed by atoms with Crippen molar-refractivity contribution in [3.8, 4) is 0 Å². The average Bonchev–Trinajstić information content (AvgIpc) is 2.80. The lowest BCUT2D eigenvalue weighted by Gasteiger charge is -2.10. The van der Waals surface area contributed by atoms with E-state index in [1.807, 2.05) is 0 Å². The third kappa shape index (κ3) is 3.19. The van der Waals surface area contributed by atoms with Gasteiger partial charge in [-0.2, -0.15) is 0 Å². The highest BCUT2D eigenvalue weighted by Gasteiger charge is 2.22. The molecule has 3 N–H and O–H groups in total. The van der Waals surface area contributed by atoms with Gasteiger partial charge in [0.15, 0.2) is 6.10 Å². The number of ether oxygens (including phenoxy) is 1. The molecule has 0 saturated heterocycles. The Bertz CT molecular complexity index is 156. The molecule has 0 aromatic rings. The first-order valence-electron chi connectivity index (χ1n) is 4.28. The third-order valence-corrected chi connectivity index (χ3v) is 2.03. The fourth-order valence-corrected chi connectivity index (χ4v) is 1.02. The Labute approximate surface area is 71.7 Å². The summed E-state index contributed by atoms with van der Waals surface area (Å²) in [6.07, 6.45) is 2.70. The van der Waals surface area contributed by atoms with Crippen molar-refractivity contribution < 1.29 is 14.6 Å². The van der Waals surface area contributed by atoms with Crippen LogP contribution in [0.2, 0.25) is 0 Å². The van der Waals surface area contributed by atoms with E-state index in [0.29, 0.717) is 6.61 Å². The topological polar surface area (TPSA) is 72.5 Å². The molecule has 1 unspecified atom stereocenters. The molecule has 0 amide bonds. The maximum atomic E-state index is 10.4. The molecule has 1 fully saturated rings. The van der Waals surface area contributed by atoms with Crippen molar-refractivity contribution in [1.29, 1.82) is 0 Å². The highest BCUT2D eigenvalue weighted by atomic mass is 16.5. The Kier molecular flexibility index (Phi) is 3.49. The molecule has 0 aliphatic heterocycles. The van der Waals surface area contributed by atoms with E-state index in [4.69, 9.17) is 15.6 Å². The summed E-state index contributed by atoms with van der Waals surface area (Å²) >= 11 is 0. The number of carbonyl (C=O) groups is 1. The van der Waals surface area contributed by atoms with Crippen LogP contribution in [-0.2, 0) is 9.53 Å². The molecule has 1 aliphatic carbocycles. The fourth-order valence-electron chi connectivity index (χ4n) is 1.02. The van der Waals surface area contributed by atoms with Crippen LogP contribution in [0.5, 0.6) is 0 Å². The molecule has 1 atom stereocenters. The minimum Gasteiger partial charge on any atom is -0.479 e. The van der Waals surface area contributed by atoms with E-state index in [1.165, 1.54) is 12.8 Å². The first-order valence-corrected chi connectivity index (χ1v) is 4.28. The summed E-state index contributed by atoms with van der Waals surface area (Å²) in [6.45, 7) is 0.582. The van der Waals surface area contributed by atoms with Gasteiger partial charge in [-0.3, -0.25) is 0 Å². The molecule has 0 radical (unpaired) electrons. The highest BCUT2D eigenvalue weighted by Crippen LogP contribution is 2.32. The predicted molar refractivity (Wildman–Crippen MR) is 43.8 cm³/mol. The van der Waals surface area contributed by atoms with Crippen LogP contribution in [0.15, 0.2) is 0 Å². The first-order chi connectivity index (χ1) is 5.74. The second kappa shape index (κ2) is 4.42. The number of carboxylic acid groups (broad SMARTS) is 1. The molecule has 1 saturated carbocycles. The number of rotatable bonds is 6. The van der Waals surface area contributed by atoms with Gasteiger partial charge in [0.1, 0.15) is 0 Å². The Hall–Kier alpha value is -0.610. The number of aliphatic carboxylic acids is 1. The van der Waals surface area contributed by atoms with Gasteiger partial charge in [0, 0.05) is 13.2 Å². The Morgan fingerprint density at radius 3 is 2.75 bits per heavy atom. The molecular formula is C8H15NO3. The molecule has 70 valence electrons. The van der Waals surface area contributed by atoms with Crippen molar-refractivity contribution in [3.05, 3.63) is 0 Å². The lowest BCUT2D eigenvalue weighted by Crippen LogP contribution is -2.32. The fraction of sp³-hybridized carbons (Fsp3) is 0.875. The summed E-state index contributed by atoms with van der Waals surface area (Å²) in [5.41, 5.74) is 5.20. The van der Waals surface area contributed by atoms with Crippen molar-refractivity contribution in [2.75, 3.05) is 13.2 Å². The minimum atomic E-state index is -0.965. The van der Waals surface area contributed by atoms with Crippen molar-refractivity contribution in [2.24, 2.45) is 11.7 Å². The zero-order valence-electron chi connectivity index (χ0n) is 7.03. The van der Waals surface area contributed by atoms with Crippen LogP contribution in [0.25, 0.3) is 0 Å². The first kappa shape index (κ1) is 9.48. The summed E-state index contributed by atoms with van der Waals surface area (Å²) < 4.78 is 5.08. The molecule has 0 aromatic heterocycles. The van der Waals surface area contributed by atoms with Gasteiger partial charge in [0.25, 0.3) is 0 Å². The molecule has 0 aromatic carbocycles. The highest BCUT2D eigenvalue weighted by molar-refractivity contribution is 5.72. The molecule has 1 rings (SSSR count). The standard InChI is InChI=1S/C8H15NO3/c9-5-7(8(10)11)12-4-3-6-1-2-6/h6-7H,1-5,9H2,(H,10,11). The van der Waals surface area contributed by atoms with Crippen LogP contribution >= 0.6 is 0 Å². The molecule has 4 nitrogen and oxygen atoms in total. The normalized spacial score (nSPS) is 19.1. The molecule has 4 heteroatoms. The Balaban J connectivity index is 2.05. The maximum Gasteiger partial charge on any atom is 0.334 e. The van der Waals surface area contributed by atoms with Crippen molar-refractivity contribution in [1.82, 2.24) is 0 Å². The number of carboxylic acids is 1. The lowest BCUT2D eigenvalue weighted by atomic mass is 10.3. The zero-order valence-corrected chi connectivity index (χ0v) is 7.03. The summed E-state index contributed by atoms with van der Waals surface area (Å²) in [7, 11) is 0. The van der Waals surface area contributed by atoms with E-state index in [2.05, 4.69) is 0 Å². The second-order valence-corrected chi connectivity index (χ2v) is 3.17. The van der Waals surface area contributed by atoms with Crippen LogP contribution in [0.4, 0.5) is 0 Å². The van der Waals surface area contributed by atoms with Crippen molar-refractivity contribution in [3.63, 3.8) is 0 Å². The van der Waals surface area contributed by atoms with Crippen LogP contribution in [-0.4, -0.2) is 30.3 Å². The zero-order chi connectivity index (χ0) is 8.97.